The molecule has 0 radical (unpaired) electrons. The van der Waals surface area contributed by atoms with Gasteiger partial charge in [-0.15, -0.1) is 0 Å². The van der Waals surface area contributed by atoms with Crippen LogP contribution in [0.15, 0.2) is 24.3 Å². The largest absolute Gasteiger partial charge is 0.356 e. The fourth-order valence-corrected chi connectivity index (χ4v) is 2.96. The van der Waals surface area contributed by atoms with Gasteiger partial charge in [0.1, 0.15) is 0 Å². The fourth-order valence-electron chi connectivity index (χ4n) is 2.96. The zero-order chi connectivity index (χ0) is 14.4. The minimum Gasteiger partial charge on any atom is -0.356 e. The highest BCUT2D eigenvalue weighted by molar-refractivity contribution is 5.76. The highest BCUT2D eigenvalue weighted by atomic mass is 16.1. The Kier molecular flexibility index (Phi) is 5.60. The molecule has 1 aliphatic carbocycles. The lowest BCUT2D eigenvalue weighted by Crippen LogP contribution is -2.41. The van der Waals surface area contributed by atoms with Crippen molar-refractivity contribution in [1.82, 2.24) is 5.32 Å². The summed E-state index contributed by atoms with van der Waals surface area (Å²) in [4.78, 5) is 11.9. The lowest BCUT2D eigenvalue weighted by molar-refractivity contribution is -0.121. The van der Waals surface area contributed by atoms with Gasteiger partial charge in [0.15, 0.2) is 0 Å². The van der Waals surface area contributed by atoms with Gasteiger partial charge in [-0.2, -0.15) is 0 Å². The first-order valence-corrected chi connectivity index (χ1v) is 7.73. The minimum atomic E-state index is 0.144. The topological polar surface area (TPSA) is 55.1 Å². The second kappa shape index (κ2) is 7.44. The molecule has 1 aliphatic rings. The summed E-state index contributed by atoms with van der Waals surface area (Å²) in [6, 6.07) is 8.51. The Bertz CT molecular complexity index is 444. The quantitative estimate of drug-likeness (QED) is 0.867. The van der Waals surface area contributed by atoms with Gasteiger partial charge < -0.3 is 11.1 Å². The average Bonchev–Trinajstić information content (AvgIpc) is 2.45. The molecule has 3 nitrogen and oxygen atoms in total. The lowest BCUT2D eigenvalue weighted by atomic mass is 9.85. The van der Waals surface area contributed by atoms with Crippen molar-refractivity contribution in [3.63, 3.8) is 0 Å². The number of carbonyl (C=O) groups is 1. The van der Waals surface area contributed by atoms with Crippen molar-refractivity contribution in [2.45, 2.75) is 51.5 Å². The fraction of sp³-hybridized carbons (Fsp3) is 0.588. The molecule has 2 atom stereocenters. The van der Waals surface area contributed by atoms with E-state index in [0.717, 1.165) is 25.8 Å². The first-order chi connectivity index (χ1) is 9.66. The summed E-state index contributed by atoms with van der Waals surface area (Å²) >= 11 is 0. The molecule has 20 heavy (non-hydrogen) atoms. The Balaban J connectivity index is 1.71. The van der Waals surface area contributed by atoms with Gasteiger partial charge in [-0.25, -0.2) is 0 Å². The molecule has 0 heterocycles. The lowest BCUT2D eigenvalue weighted by Gasteiger charge is -2.28. The second-order valence-corrected chi connectivity index (χ2v) is 5.94. The van der Waals surface area contributed by atoms with E-state index in [4.69, 9.17) is 5.73 Å². The third-order valence-electron chi connectivity index (χ3n) is 4.41. The molecule has 0 bridgehead atoms. The van der Waals surface area contributed by atoms with Gasteiger partial charge in [-0.3, -0.25) is 4.79 Å². The van der Waals surface area contributed by atoms with Gasteiger partial charge in [-0.1, -0.05) is 37.1 Å². The van der Waals surface area contributed by atoms with E-state index in [0.29, 0.717) is 12.3 Å². The van der Waals surface area contributed by atoms with Gasteiger partial charge in [0.2, 0.25) is 5.91 Å². The van der Waals surface area contributed by atoms with Crippen LogP contribution in [-0.2, 0) is 11.2 Å². The number of rotatable bonds is 5. The Morgan fingerprint density at radius 3 is 2.80 bits per heavy atom. The number of benzene rings is 1. The van der Waals surface area contributed by atoms with Crippen molar-refractivity contribution < 1.29 is 4.79 Å². The van der Waals surface area contributed by atoms with E-state index >= 15 is 0 Å². The number of hydrogen-bond donors (Lipinski definition) is 2. The second-order valence-electron chi connectivity index (χ2n) is 5.94. The normalized spacial score (nSPS) is 22.5. The Hall–Kier alpha value is -1.35. The molecule has 3 heteroatoms. The Morgan fingerprint density at radius 1 is 1.30 bits per heavy atom. The third kappa shape index (κ3) is 4.34. The molecule has 0 aliphatic heterocycles. The van der Waals surface area contributed by atoms with Crippen LogP contribution < -0.4 is 11.1 Å². The SMILES string of the molecule is Cc1ccccc1CCC(=O)NCC1CCCCC1N. The molecule has 1 aromatic rings. The van der Waals surface area contributed by atoms with Crippen molar-refractivity contribution in [1.29, 1.82) is 0 Å². The molecule has 0 aromatic heterocycles. The maximum Gasteiger partial charge on any atom is 0.220 e. The predicted octanol–water partition coefficient (Wildman–Crippen LogP) is 2.56. The van der Waals surface area contributed by atoms with Gasteiger partial charge >= 0.3 is 0 Å². The highest BCUT2D eigenvalue weighted by Crippen LogP contribution is 2.22. The molecule has 1 saturated carbocycles. The van der Waals surface area contributed by atoms with Crippen molar-refractivity contribution in [2.24, 2.45) is 11.7 Å². The van der Waals surface area contributed by atoms with Crippen LogP contribution in [0.5, 0.6) is 0 Å². The zero-order valence-electron chi connectivity index (χ0n) is 12.4. The third-order valence-corrected chi connectivity index (χ3v) is 4.41. The summed E-state index contributed by atoms with van der Waals surface area (Å²) in [7, 11) is 0. The molecule has 1 fully saturated rings. The van der Waals surface area contributed by atoms with Crippen LogP contribution in [0, 0.1) is 12.8 Å². The summed E-state index contributed by atoms with van der Waals surface area (Å²) in [5.74, 6) is 0.609. The van der Waals surface area contributed by atoms with Crippen molar-refractivity contribution in [2.75, 3.05) is 6.54 Å². The van der Waals surface area contributed by atoms with E-state index in [1.54, 1.807) is 0 Å². The van der Waals surface area contributed by atoms with Gasteiger partial charge in [0.05, 0.1) is 0 Å². The predicted molar refractivity (Wildman–Crippen MR) is 82.4 cm³/mol. The molecule has 2 unspecified atom stereocenters. The molecule has 0 spiro atoms. The zero-order valence-corrected chi connectivity index (χ0v) is 12.4. The van der Waals surface area contributed by atoms with Crippen LogP contribution in [0.2, 0.25) is 0 Å². The Morgan fingerprint density at radius 2 is 2.05 bits per heavy atom. The standard InChI is InChI=1S/C17H26N2O/c1-13-6-2-3-7-14(13)10-11-17(20)19-12-15-8-4-5-9-16(15)18/h2-3,6-7,15-16H,4-5,8-12,18H2,1H3,(H,19,20). The van der Waals surface area contributed by atoms with E-state index < -0.39 is 0 Å². The van der Waals surface area contributed by atoms with Crippen molar-refractivity contribution in [3.05, 3.63) is 35.4 Å². The molecular formula is C17H26N2O. The summed E-state index contributed by atoms with van der Waals surface area (Å²) in [5.41, 5.74) is 8.62. The van der Waals surface area contributed by atoms with E-state index in [9.17, 15) is 4.79 Å². The smallest absolute Gasteiger partial charge is 0.220 e. The van der Waals surface area contributed by atoms with Crippen molar-refractivity contribution in [3.8, 4) is 0 Å². The number of hydrogen-bond acceptors (Lipinski definition) is 2. The molecule has 1 aromatic carbocycles. The number of amides is 1. The first-order valence-electron chi connectivity index (χ1n) is 7.73. The molecular weight excluding hydrogens is 248 g/mol. The summed E-state index contributed by atoms with van der Waals surface area (Å²) < 4.78 is 0. The van der Waals surface area contributed by atoms with Crippen LogP contribution in [0.3, 0.4) is 0 Å². The molecule has 3 N–H and O–H groups in total. The number of nitrogens with one attached hydrogen (secondary N) is 1. The molecule has 1 amide bonds. The van der Waals surface area contributed by atoms with Crippen LogP contribution in [-0.4, -0.2) is 18.5 Å². The number of nitrogens with two attached hydrogens (primary N) is 1. The summed E-state index contributed by atoms with van der Waals surface area (Å²) in [6.07, 6.45) is 6.11. The highest BCUT2D eigenvalue weighted by Gasteiger charge is 2.21. The average molecular weight is 274 g/mol. The maximum absolute atomic E-state index is 11.9. The van der Waals surface area contributed by atoms with E-state index in [1.165, 1.54) is 24.0 Å². The van der Waals surface area contributed by atoms with Crippen LogP contribution in [0.4, 0.5) is 0 Å². The first kappa shape index (κ1) is 15.0. The van der Waals surface area contributed by atoms with Crippen LogP contribution in [0.25, 0.3) is 0 Å². The number of carbonyl (C=O) groups excluding carboxylic acids is 1. The summed E-state index contributed by atoms with van der Waals surface area (Å²) in [6.45, 7) is 2.84. The van der Waals surface area contributed by atoms with Gasteiger partial charge in [0, 0.05) is 19.0 Å². The van der Waals surface area contributed by atoms with E-state index in [2.05, 4.69) is 24.4 Å². The Labute approximate surface area is 121 Å². The monoisotopic (exact) mass is 274 g/mol. The molecule has 2 rings (SSSR count). The van der Waals surface area contributed by atoms with Gasteiger partial charge in [0.25, 0.3) is 0 Å². The minimum absolute atomic E-state index is 0.144. The molecule has 0 saturated heterocycles. The molecule has 110 valence electrons. The van der Waals surface area contributed by atoms with Gasteiger partial charge in [-0.05, 0) is 43.2 Å². The van der Waals surface area contributed by atoms with E-state index in [1.807, 2.05) is 12.1 Å². The van der Waals surface area contributed by atoms with Crippen molar-refractivity contribution >= 4 is 5.91 Å². The van der Waals surface area contributed by atoms with E-state index in [-0.39, 0.29) is 11.9 Å². The van der Waals surface area contributed by atoms with Crippen LogP contribution in [0.1, 0.15) is 43.2 Å². The number of aryl methyl sites for hydroxylation is 2. The van der Waals surface area contributed by atoms with Crippen LogP contribution >= 0.6 is 0 Å². The summed E-state index contributed by atoms with van der Waals surface area (Å²) in [5, 5.41) is 3.05. The maximum atomic E-state index is 11.9.